The number of nitrogens with zero attached hydrogens (tertiary/aromatic N) is 2. The maximum atomic E-state index is 12.9. The van der Waals surface area contributed by atoms with Gasteiger partial charge >= 0.3 is 5.97 Å². The summed E-state index contributed by atoms with van der Waals surface area (Å²) < 4.78 is 13.0. The average molecular weight is 613 g/mol. The third-order valence-electron chi connectivity index (χ3n) is 8.07. The highest BCUT2D eigenvalue weighted by molar-refractivity contribution is 14.1. The molecule has 5 rings (SSSR count). The van der Waals surface area contributed by atoms with E-state index in [-0.39, 0.29) is 17.9 Å². The number of esters is 1. The number of carbonyl (C=O) groups excluding carboxylic acids is 1. The molecule has 8 heteroatoms. The molecule has 0 amide bonds. The second kappa shape index (κ2) is 11.4. The van der Waals surface area contributed by atoms with E-state index < -0.39 is 18.0 Å². The zero-order valence-corrected chi connectivity index (χ0v) is 23.1. The molecule has 1 fully saturated rings. The summed E-state index contributed by atoms with van der Waals surface area (Å²) in [5.41, 5.74) is 4.28. The topological polar surface area (TPSA) is 98.6 Å². The third kappa shape index (κ3) is 5.35. The lowest BCUT2D eigenvalue weighted by molar-refractivity contribution is -0.158. The average Bonchev–Trinajstić information content (AvgIpc) is 3.28. The van der Waals surface area contributed by atoms with Gasteiger partial charge in [-0.1, -0.05) is 36.4 Å². The molecule has 1 aliphatic carbocycles. The molecule has 2 aromatic carbocycles. The minimum absolute atomic E-state index is 0.0704. The van der Waals surface area contributed by atoms with Gasteiger partial charge in [-0.05, 0) is 83.4 Å². The fraction of sp³-hybridized carbons (Fsp3) is 0.448. The van der Waals surface area contributed by atoms with Crippen LogP contribution in [0.4, 0.5) is 0 Å². The van der Waals surface area contributed by atoms with Crippen molar-refractivity contribution >= 4 is 39.5 Å². The number of aromatic nitrogens is 1. The van der Waals surface area contributed by atoms with Crippen LogP contribution in [0, 0.1) is 32.8 Å². The zero-order valence-electron chi connectivity index (χ0n) is 20.9. The molecule has 2 aliphatic rings. The van der Waals surface area contributed by atoms with Gasteiger partial charge < -0.3 is 24.5 Å². The number of para-hydroxylation sites is 1. The Morgan fingerprint density at radius 3 is 2.78 bits per heavy atom. The molecule has 194 valence electrons. The second-order valence-corrected chi connectivity index (χ2v) is 11.3. The molecule has 7 nitrogen and oxygen atoms in total. The number of fused-ring (bicyclic) bond motifs is 4. The molecular formula is C29H32IN3O4. The molecule has 2 heterocycles. The summed E-state index contributed by atoms with van der Waals surface area (Å²) in [6.45, 7) is 1.58. The first kappa shape index (κ1) is 26.0. The van der Waals surface area contributed by atoms with Crippen LogP contribution >= 0.6 is 22.6 Å². The lowest BCUT2D eigenvalue weighted by atomic mass is 9.67. The number of rotatable bonds is 4. The molecule has 3 aromatic rings. The van der Waals surface area contributed by atoms with Crippen LogP contribution in [0.1, 0.15) is 42.2 Å². The molecule has 1 unspecified atom stereocenters. The highest BCUT2D eigenvalue weighted by atomic mass is 127. The van der Waals surface area contributed by atoms with E-state index in [1.165, 1.54) is 7.11 Å². The maximum Gasteiger partial charge on any atom is 0.311 e. The summed E-state index contributed by atoms with van der Waals surface area (Å²) in [6, 6.07) is 16.4. The minimum atomic E-state index is -0.773. The first-order valence-corrected chi connectivity index (χ1v) is 13.9. The molecular weight excluding hydrogens is 581 g/mol. The summed E-state index contributed by atoms with van der Waals surface area (Å²) in [5, 5.41) is 22.0. The Balaban J connectivity index is 1.59. The quantitative estimate of drug-likeness (QED) is 0.246. The van der Waals surface area contributed by atoms with Crippen LogP contribution in [-0.4, -0.2) is 47.3 Å². The largest absolute Gasteiger partial charge is 0.469 e. The van der Waals surface area contributed by atoms with Gasteiger partial charge in [-0.2, -0.15) is 5.26 Å². The van der Waals surface area contributed by atoms with Crippen LogP contribution in [0.5, 0.6) is 0 Å². The van der Waals surface area contributed by atoms with Gasteiger partial charge in [0, 0.05) is 33.3 Å². The molecule has 0 spiro atoms. The van der Waals surface area contributed by atoms with Crippen molar-refractivity contribution in [1.82, 2.24) is 9.88 Å². The van der Waals surface area contributed by atoms with Crippen molar-refractivity contribution in [1.29, 1.82) is 5.26 Å². The van der Waals surface area contributed by atoms with Crippen LogP contribution in [0.3, 0.4) is 0 Å². The number of aromatic amines is 1. The van der Waals surface area contributed by atoms with E-state index in [0.29, 0.717) is 32.5 Å². The van der Waals surface area contributed by atoms with Crippen LogP contribution in [0.2, 0.25) is 0 Å². The number of benzene rings is 2. The molecule has 0 saturated heterocycles. The van der Waals surface area contributed by atoms with Crippen molar-refractivity contribution in [2.45, 2.75) is 44.5 Å². The third-order valence-corrected chi connectivity index (χ3v) is 9.12. The van der Waals surface area contributed by atoms with Crippen LogP contribution in [0.25, 0.3) is 10.9 Å². The summed E-state index contributed by atoms with van der Waals surface area (Å²) in [4.78, 5) is 18.4. The van der Waals surface area contributed by atoms with Gasteiger partial charge in [0.05, 0.1) is 31.8 Å². The van der Waals surface area contributed by atoms with E-state index in [4.69, 9.17) is 9.47 Å². The Bertz CT molecular complexity index is 1300. The number of ether oxygens (including phenoxy) is 2. The number of nitriles is 1. The van der Waals surface area contributed by atoms with Crippen LogP contribution in [0.15, 0.2) is 48.5 Å². The molecule has 37 heavy (non-hydrogen) atoms. The Kier molecular flexibility index (Phi) is 8.03. The monoisotopic (exact) mass is 613 g/mol. The Morgan fingerprint density at radius 2 is 2.00 bits per heavy atom. The number of aliphatic hydroxyl groups is 1. The first-order valence-electron chi connectivity index (χ1n) is 12.8. The number of halogens is 1. The van der Waals surface area contributed by atoms with Gasteiger partial charge in [-0.25, -0.2) is 0 Å². The predicted octanol–water partition coefficient (Wildman–Crippen LogP) is 4.94. The van der Waals surface area contributed by atoms with Gasteiger partial charge in [-0.15, -0.1) is 0 Å². The molecule has 5 atom stereocenters. The zero-order chi connectivity index (χ0) is 25.9. The summed E-state index contributed by atoms with van der Waals surface area (Å²) in [7, 11) is 1.38. The lowest BCUT2D eigenvalue weighted by Crippen LogP contribution is -2.47. The van der Waals surface area contributed by atoms with Crippen molar-refractivity contribution in [2.24, 2.45) is 17.8 Å². The number of nitrogens with one attached hydrogen (secondary N) is 1. The Morgan fingerprint density at radius 1 is 1.22 bits per heavy atom. The molecule has 0 radical (unpaired) electrons. The van der Waals surface area contributed by atoms with E-state index in [0.717, 1.165) is 44.1 Å². The summed E-state index contributed by atoms with van der Waals surface area (Å²) in [5.74, 6) is -1.17. The van der Waals surface area contributed by atoms with Crippen molar-refractivity contribution < 1.29 is 19.4 Å². The van der Waals surface area contributed by atoms with Gasteiger partial charge in [0.25, 0.3) is 0 Å². The number of carbonyl (C=O) groups is 1. The van der Waals surface area contributed by atoms with Crippen LogP contribution in [-0.2, 0) is 27.3 Å². The molecule has 1 aromatic heterocycles. The van der Waals surface area contributed by atoms with Gasteiger partial charge in [0.2, 0.25) is 0 Å². The number of aliphatic hydroxyl groups excluding tert-OH is 1. The number of hydrogen-bond donors (Lipinski definition) is 2. The molecule has 1 saturated carbocycles. The van der Waals surface area contributed by atoms with E-state index in [2.05, 4.69) is 58.0 Å². The molecule has 1 aliphatic heterocycles. The second-order valence-electron chi connectivity index (χ2n) is 10.1. The number of H-pyrrole nitrogens is 1. The molecule has 0 bridgehead atoms. The summed E-state index contributed by atoms with van der Waals surface area (Å²) >= 11 is 2.33. The minimum Gasteiger partial charge on any atom is -0.469 e. The van der Waals surface area contributed by atoms with E-state index in [1.54, 1.807) is 0 Å². The summed E-state index contributed by atoms with van der Waals surface area (Å²) in [6.07, 6.45) is 3.82. The van der Waals surface area contributed by atoms with Crippen molar-refractivity contribution in [3.63, 3.8) is 0 Å². The van der Waals surface area contributed by atoms with Crippen molar-refractivity contribution in [3.05, 3.63) is 68.9 Å². The fourth-order valence-corrected chi connectivity index (χ4v) is 6.73. The van der Waals surface area contributed by atoms with E-state index in [9.17, 15) is 15.2 Å². The van der Waals surface area contributed by atoms with E-state index in [1.807, 2.05) is 29.2 Å². The smallest absolute Gasteiger partial charge is 0.311 e. The van der Waals surface area contributed by atoms with Gasteiger partial charge in [0.15, 0.2) is 6.19 Å². The van der Waals surface area contributed by atoms with Crippen molar-refractivity contribution in [3.8, 4) is 6.19 Å². The number of methoxy groups -OCH3 is 1. The standard InChI is InChI=1S/C29H32IN3O4/c1-36-29(35)27-22-14-26(37-16-19-6-2-4-8-23(19)30)28-21(20-7-3-5-9-24(20)32-28)12-13-33(17-31)15-18(22)10-11-25(27)34/h2-9,18,22,25-27,32,34H,10-16H2,1H3/t18-,22?,25-,26+,27+/m0/s1. The lowest BCUT2D eigenvalue weighted by Gasteiger charge is -2.42. The van der Waals surface area contributed by atoms with Gasteiger partial charge in [0.1, 0.15) is 0 Å². The van der Waals surface area contributed by atoms with Gasteiger partial charge in [-0.3, -0.25) is 4.79 Å². The highest BCUT2D eigenvalue weighted by Gasteiger charge is 2.46. The fourth-order valence-electron chi connectivity index (χ4n) is 6.19. The van der Waals surface area contributed by atoms with Crippen molar-refractivity contribution in [2.75, 3.05) is 20.2 Å². The predicted molar refractivity (Wildman–Crippen MR) is 148 cm³/mol. The SMILES string of the molecule is COC(=O)[C@@H]1C2C[C@@H](OCc3ccccc3I)c3[nH]c4ccccc4c3CCN(C#N)C[C@@H]2CC[C@@H]1O. The van der Waals surface area contributed by atoms with E-state index >= 15 is 0 Å². The molecule has 2 N–H and O–H groups in total. The normalized spacial score (nSPS) is 26.1. The Hall–Kier alpha value is -2.61. The van der Waals surface area contributed by atoms with Crippen LogP contribution < -0.4 is 0 Å². The maximum absolute atomic E-state index is 12.9. The highest BCUT2D eigenvalue weighted by Crippen LogP contribution is 2.44. The number of hydrogen-bond acceptors (Lipinski definition) is 6. The first-order chi connectivity index (χ1) is 18.0. The Labute approximate surface area is 230 Å².